The van der Waals surface area contributed by atoms with Crippen LogP contribution < -0.4 is 15.5 Å². The topological polar surface area (TPSA) is 57.5 Å². The number of aliphatic imine (C=N–C) groups is 1. The van der Waals surface area contributed by atoms with E-state index in [0.29, 0.717) is 12.0 Å². The van der Waals surface area contributed by atoms with Crippen molar-refractivity contribution in [3.8, 4) is 0 Å². The highest BCUT2D eigenvalue weighted by Crippen LogP contribution is 2.20. The van der Waals surface area contributed by atoms with Gasteiger partial charge in [0, 0.05) is 50.6 Å². The van der Waals surface area contributed by atoms with Gasteiger partial charge in [0.05, 0.1) is 5.69 Å². The lowest BCUT2D eigenvalue weighted by molar-refractivity contribution is 0.435. The van der Waals surface area contributed by atoms with E-state index < -0.39 is 0 Å². The molecule has 1 aliphatic rings. The molecule has 152 valence electrons. The van der Waals surface area contributed by atoms with Gasteiger partial charge in [-0.1, -0.05) is 24.6 Å². The number of anilines is 1. The van der Waals surface area contributed by atoms with Crippen LogP contribution in [-0.2, 0) is 6.54 Å². The predicted molar refractivity (Wildman–Crippen MR) is 117 cm³/mol. The van der Waals surface area contributed by atoms with Crippen LogP contribution in [0.3, 0.4) is 0 Å². The largest absolute Gasteiger partial charge is 0.369 e. The summed E-state index contributed by atoms with van der Waals surface area (Å²) >= 11 is 0. The molecular formula is C22H34N6. The van der Waals surface area contributed by atoms with Crippen LogP contribution in [0.1, 0.15) is 30.3 Å². The second-order valence-electron chi connectivity index (χ2n) is 8.08. The summed E-state index contributed by atoms with van der Waals surface area (Å²) in [4.78, 5) is 6.86. The molecule has 0 amide bonds. The quantitative estimate of drug-likeness (QED) is 0.596. The molecule has 0 saturated carbocycles. The molecule has 2 unspecified atom stereocenters. The second-order valence-corrected chi connectivity index (χ2v) is 8.08. The molecule has 2 aromatic rings. The van der Waals surface area contributed by atoms with Crippen LogP contribution in [0.4, 0.5) is 5.69 Å². The van der Waals surface area contributed by atoms with E-state index in [4.69, 9.17) is 0 Å². The summed E-state index contributed by atoms with van der Waals surface area (Å²) in [5, 5.41) is 11.6. The molecular weight excluding hydrogens is 348 g/mol. The van der Waals surface area contributed by atoms with Gasteiger partial charge in [-0.2, -0.15) is 5.10 Å². The van der Waals surface area contributed by atoms with Crippen LogP contribution >= 0.6 is 0 Å². The monoisotopic (exact) mass is 382 g/mol. The van der Waals surface area contributed by atoms with E-state index in [-0.39, 0.29) is 0 Å². The number of rotatable bonds is 6. The van der Waals surface area contributed by atoms with Crippen LogP contribution in [0, 0.1) is 26.7 Å². The molecule has 1 saturated heterocycles. The van der Waals surface area contributed by atoms with E-state index in [2.05, 4.69) is 81.4 Å². The number of aromatic nitrogens is 2. The molecule has 0 radical (unpaired) electrons. The van der Waals surface area contributed by atoms with Gasteiger partial charge < -0.3 is 15.5 Å². The first-order valence-corrected chi connectivity index (χ1v) is 10.2. The Morgan fingerprint density at radius 1 is 1.25 bits per heavy atom. The summed E-state index contributed by atoms with van der Waals surface area (Å²) in [5.41, 5.74) is 4.90. The van der Waals surface area contributed by atoms with E-state index in [9.17, 15) is 0 Å². The van der Waals surface area contributed by atoms with E-state index in [0.717, 1.165) is 44.3 Å². The third-order valence-electron chi connectivity index (χ3n) is 5.36. The molecule has 2 atom stereocenters. The van der Waals surface area contributed by atoms with Gasteiger partial charge in [-0.15, -0.1) is 0 Å². The first-order valence-electron chi connectivity index (χ1n) is 10.2. The number of hydrogen-bond donors (Lipinski definition) is 2. The van der Waals surface area contributed by atoms with Crippen molar-refractivity contribution < 1.29 is 0 Å². The number of nitrogens with one attached hydrogen (secondary N) is 2. The Hall–Kier alpha value is -2.50. The Morgan fingerprint density at radius 2 is 2.00 bits per heavy atom. The lowest BCUT2D eigenvalue weighted by Crippen LogP contribution is -2.46. The smallest absolute Gasteiger partial charge is 0.191 e. The number of hydrogen-bond acceptors (Lipinski definition) is 3. The van der Waals surface area contributed by atoms with Crippen molar-refractivity contribution >= 4 is 11.6 Å². The third kappa shape index (κ3) is 5.27. The lowest BCUT2D eigenvalue weighted by atomic mass is 10.2. The van der Waals surface area contributed by atoms with Crippen LogP contribution in [-0.4, -0.2) is 48.5 Å². The van der Waals surface area contributed by atoms with Gasteiger partial charge in [0.1, 0.15) is 0 Å². The lowest BCUT2D eigenvalue weighted by Gasteiger charge is -2.21. The Balaban J connectivity index is 1.45. The van der Waals surface area contributed by atoms with Gasteiger partial charge in [0.2, 0.25) is 0 Å². The van der Waals surface area contributed by atoms with E-state index >= 15 is 0 Å². The van der Waals surface area contributed by atoms with Gasteiger partial charge in [-0.05, 0) is 51.3 Å². The van der Waals surface area contributed by atoms with Crippen LogP contribution in [0.5, 0.6) is 0 Å². The maximum atomic E-state index is 4.56. The molecule has 6 nitrogen and oxygen atoms in total. The first-order chi connectivity index (χ1) is 13.4. The minimum atomic E-state index is 0.416. The second kappa shape index (κ2) is 9.13. The van der Waals surface area contributed by atoms with Gasteiger partial charge in [0.15, 0.2) is 5.96 Å². The van der Waals surface area contributed by atoms with Gasteiger partial charge >= 0.3 is 0 Å². The van der Waals surface area contributed by atoms with Crippen LogP contribution in [0.15, 0.2) is 35.3 Å². The average Bonchev–Trinajstić information content (AvgIpc) is 3.25. The fourth-order valence-electron chi connectivity index (χ4n) is 3.75. The molecule has 0 bridgehead atoms. The van der Waals surface area contributed by atoms with Crippen molar-refractivity contribution in [2.75, 3.05) is 31.6 Å². The van der Waals surface area contributed by atoms with Crippen molar-refractivity contribution in [1.29, 1.82) is 0 Å². The van der Waals surface area contributed by atoms with Gasteiger partial charge in [-0.3, -0.25) is 9.67 Å². The normalized spacial score (nSPS) is 18.4. The summed E-state index contributed by atoms with van der Waals surface area (Å²) in [7, 11) is 1.84. The molecule has 1 aliphatic heterocycles. The minimum absolute atomic E-state index is 0.416. The van der Waals surface area contributed by atoms with Crippen molar-refractivity contribution in [3.63, 3.8) is 0 Å². The molecule has 1 aromatic carbocycles. The molecule has 2 N–H and O–H groups in total. The average molecular weight is 383 g/mol. The zero-order valence-corrected chi connectivity index (χ0v) is 17.9. The third-order valence-corrected chi connectivity index (χ3v) is 5.36. The standard InChI is InChI=1S/C22H34N6/c1-16-6-8-21(9-7-16)27-11-10-20(15-27)25-22(23-5)24-13-17(2)14-28-19(4)12-18(3)26-28/h6-9,12,17,20H,10-11,13-15H2,1-5H3,(H2,23,24,25). The first kappa shape index (κ1) is 20.2. The Labute approximate surface area is 169 Å². The predicted octanol–water partition coefficient (Wildman–Crippen LogP) is 2.89. The fourth-order valence-corrected chi connectivity index (χ4v) is 3.75. The zero-order valence-electron chi connectivity index (χ0n) is 17.9. The molecule has 1 fully saturated rings. The number of nitrogens with zero attached hydrogens (tertiary/aromatic N) is 4. The SMILES string of the molecule is CN=C(NCC(C)Cn1nc(C)cc1C)NC1CCN(c2ccc(C)cc2)C1. The Morgan fingerprint density at radius 3 is 2.64 bits per heavy atom. The molecule has 6 heteroatoms. The zero-order chi connectivity index (χ0) is 20.1. The number of benzene rings is 1. The van der Waals surface area contributed by atoms with Crippen molar-refractivity contribution in [2.24, 2.45) is 10.9 Å². The molecule has 2 heterocycles. The van der Waals surface area contributed by atoms with Gasteiger partial charge in [0.25, 0.3) is 0 Å². The van der Waals surface area contributed by atoms with Gasteiger partial charge in [-0.25, -0.2) is 0 Å². The maximum absolute atomic E-state index is 4.56. The molecule has 0 spiro atoms. The highest BCUT2D eigenvalue weighted by Gasteiger charge is 2.23. The Kier molecular flexibility index (Phi) is 6.60. The van der Waals surface area contributed by atoms with E-state index in [1.165, 1.54) is 16.9 Å². The summed E-state index contributed by atoms with van der Waals surface area (Å²) in [6, 6.07) is 11.3. The minimum Gasteiger partial charge on any atom is -0.369 e. The Bertz CT molecular complexity index is 792. The van der Waals surface area contributed by atoms with E-state index in [1.54, 1.807) is 0 Å². The summed E-state index contributed by atoms with van der Waals surface area (Å²) in [5.74, 6) is 1.35. The summed E-state index contributed by atoms with van der Waals surface area (Å²) < 4.78 is 2.09. The highest BCUT2D eigenvalue weighted by molar-refractivity contribution is 5.80. The van der Waals surface area contributed by atoms with Crippen molar-refractivity contribution in [3.05, 3.63) is 47.3 Å². The molecule has 0 aliphatic carbocycles. The number of guanidine groups is 1. The fraction of sp³-hybridized carbons (Fsp3) is 0.545. The van der Waals surface area contributed by atoms with Crippen molar-refractivity contribution in [1.82, 2.24) is 20.4 Å². The van der Waals surface area contributed by atoms with Crippen molar-refractivity contribution in [2.45, 2.75) is 46.7 Å². The highest BCUT2D eigenvalue weighted by atomic mass is 15.3. The summed E-state index contributed by atoms with van der Waals surface area (Å²) in [6.45, 7) is 12.4. The molecule has 1 aromatic heterocycles. The van der Waals surface area contributed by atoms with E-state index in [1.807, 2.05) is 14.0 Å². The van der Waals surface area contributed by atoms with Crippen LogP contribution in [0.25, 0.3) is 0 Å². The molecule has 3 rings (SSSR count). The number of aryl methyl sites for hydroxylation is 3. The van der Waals surface area contributed by atoms with Crippen LogP contribution in [0.2, 0.25) is 0 Å². The summed E-state index contributed by atoms with van der Waals surface area (Å²) in [6.07, 6.45) is 1.12. The maximum Gasteiger partial charge on any atom is 0.191 e. The molecule has 28 heavy (non-hydrogen) atoms.